The second-order valence-corrected chi connectivity index (χ2v) is 8.69. The summed E-state index contributed by atoms with van der Waals surface area (Å²) in [6.07, 6.45) is 4.35. The molecule has 5 nitrogen and oxygen atoms in total. The van der Waals surface area contributed by atoms with Crippen molar-refractivity contribution in [3.8, 4) is 18.6 Å². The van der Waals surface area contributed by atoms with Gasteiger partial charge in [-0.25, -0.2) is 4.79 Å². The Hall–Kier alpha value is -3.12. The lowest BCUT2D eigenvalue weighted by Crippen LogP contribution is -2.18. The molecule has 1 N–H and O–H groups in total. The van der Waals surface area contributed by atoms with Crippen LogP contribution in [0, 0.1) is 25.7 Å². The Labute approximate surface area is 203 Å². The molecule has 0 amide bonds. The highest BCUT2D eigenvalue weighted by Crippen LogP contribution is 2.31. The Bertz CT molecular complexity index is 987. The van der Waals surface area contributed by atoms with Gasteiger partial charge in [-0.2, -0.15) is 18.3 Å². The largest absolute Gasteiger partial charge is 0.482 e. The number of hydrogen-bond donors (Lipinski definition) is 1. The Kier molecular flexibility index (Phi) is 11.5. The maximum absolute atomic E-state index is 12.8. The average molecular weight is 495 g/mol. The molecule has 0 saturated heterocycles. The lowest BCUT2D eigenvalue weighted by atomic mass is 10.1. The molecule has 2 rings (SSSR count). The first-order valence-electron chi connectivity index (χ1n) is 10.4. The van der Waals surface area contributed by atoms with Crippen molar-refractivity contribution in [2.45, 2.75) is 38.3 Å². The number of alkyl halides is 3. The molecule has 0 bridgehead atoms. The zero-order valence-corrected chi connectivity index (χ0v) is 20.4. The Morgan fingerprint density at radius 3 is 2.29 bits per heavy atom. The molecule has 34 heavy (non-hydrogen) atoms. The predicted molar refractivity (Wildman–Crippen MR) is 132 cm³/mol. The molecule has 0 aliphatic heterocycles. The van der Waals surface area contributed by atoms with Gasteiger partial charge in [0.05, 0.1) is 11.3 Å². The number of hydrazone groups is 1. The van der Waals surface area contributed by atoms with Crippen molar-refractivity contribution in [2.75, 3.05) is 24.4 Å². The van der Waals surface area contributed by atoms with Gasteiger partial charge >= 0.3 is 12.1 Å². The normalized spacial score (nSPS) is 11.5. The molecule has 2 aromatic rings. The van der Waals surface area contributed by atoms with E-state index in [0.29, 0.717) is 17.9 Å². The smallest absolute Gasteiger partial charge is 0.416 e. The Morgan fingerprint density at radius 1 is 1.18 bits per heavy atom. The van der Waals surface area contributed by atoms with E-state index in [0.717, 1.165) is 34.1 Å². The summed E-state index contributed by atoms with van der Waals surface area (Å²) in [7, 11) is 1.72. The highest BCUT2D eigenvalue weighted by Gasteiger charge is 2.30. The molecule has 0 radical (unpaired) electrons. The Balaban J connectivity index is 0.00000281. The number of halogens is 3. The first-order chi connectivity index (χ1) is 16.0. The number of rotatable bonds is 10. The summed E-state index contributed by atoms with van der Waals surface area (Å²) in [4.78, 5) is 11.7. The molecule has 0 aromatic heterocycles. The van der Waals surface area contributed by atoms with Gasteiger partial charge in [0.15, 0.2) is 6.61 Å². The number of thioether (sulfide) groups is 1. The molecule has 9 heteroatoms. The van der Waals surface area contributed by atoms with Gasteiger partial charge < -0.3 is 9.84 Å². The van der Waals surface area contributed by atoms with Crippen molar-refractivity contribution in [1.29, 1.82) is 0 Å². The quantitative estimate of drug-likeness (QED) is 0.180. The van der Waals surface area contributed by atoms with Crippen LogP contribution >= 0.6 is 11.8 Å². The number of ether oxygens (including phenoxy) is 1. The fraction of sp³-hybridized carbons (Fsp3) is 0.360. The minimum atomic E-state index is -4.36. The third-order valence-corrected chi connectivity index (χ3v) is 5.63. The highest BCUT2D eigenvalue weighted by molar-refractivity contribution is 7.99. The number of hydrogen-bond acceptors (Lipinski definition) is 5. The summed E-state index contributed by atoms with van der Waals surface area (Å²) in [6, 6.07) is 10.5. The van der Waals surface area contributed by atoms with Gasteiger partial charge in [0.2, 0.25) is 0 Å². The lowest BCUT2D eigenvalue weighted by Gasteiger charge is -2.19. The average Bonchev–Trinajstić information content (AvgIpc) is 2.78. The van der Waals surface area contributed by atoms with Crippen LogP contribution in [-0.4, -0.2) is 36.2 Å². The number of anilines is 1. The number of carboxylic acids is 1. The molecule has 0 fully saturated rings. The number of carboxylic acid groups (broad SMARTS) is 1. The van der Waals surface area contributed by atoms with Crippen LogP contribution in [0.5, 0.6) is 5.75 Å². The van der Waals surface area contributed by atoms with Gasteiger partial charge in [-0.05, 0) is 67.3 Å². The maximum atomic E-state index is 12.8. The van der Waals surface area contributed by atoms with Crippen molar-refractivity contribution >= 4 is 29.1 Å². The van der Waals surface area contributed by atoms with Gasteiger partial charge in [0.1, 0.15) is 5.75 Å². The van der Waals surface area contributed by atoms with Gasteiger partial charge in [0.25, 0.3) is 0 Å². The summed E-state index contributed by atoms with van der Waals surface area (Å²) >= 11 is 1.64. The first-order valence-corrected chi connectivity index (χ1v) is 11.4. The van der Waals surface area contributed by atoms with Gasteiger partial charge in [-0.3, -0.25) is 5.01 Å². The molecule has 2 aromatic carbocycles. The van der Waals surface area contributed by atoms with Crippen molar-refractivity contribution < 1.29 is 27.8 Å². The van der Waals surface area contributed by atoms with Crippen LogP contribution in [0.2, 0.25) is 0 Å². The molecule has 184 valence electrons. The van der Waals surface area contributed by atoms with Crippen molar-refractivity contribution in [1.82, 2.24) is 0 Å². The highest BCUT2D eigenvalue weighted by atomic mass is 32.2. The van der Waals surface area contributed by atoms with E-state index in [9.17, 15) is 18.0 Å². The molecule has 0 aliphatic carbocycles. The van der Waals surface area contributed by atoms with E-state index in [-0.39, 0.29) is 12.5 Å². The monoisotopic (exact) mass is 494 g/mol. The SMILES string of the molecule is C#C.Cc1cc(SCC/C(=N\N(C)c2ccc(C(F)(F)F)cc2)C(C)C)ccc1OCC(=O)O. The van der Waals surface area contributed by atoms with Crippen LogP contribution in [0.1, 0.15) is 31.4 Å². The molecule has 0 saturated carbocycles. The second-order valence-electron chi connectivity index (χ2n) is 7.52. The van der Waals surface area contributed by atoms with Crippen LogP contribution < -0.4 is 9.75 Å². The van der Waals surface area contributed by atoms with Crippen LogP contribution in [0.15, 0.2) is 52.5 Å². The van der Waals surface area contributed by atoms with E-state index < -0.39 is 17.7 Å². The molecule has 0 aliphatic rings. The van der Waals surface area contributed by atoms with Crippen LogP contribution in [0.4, 0.5) is 18.9 Å². The minimum Gasteiger partial charge on any atom is -0.482 e. The van der Waals surface area contributed by atoms with E-state index in [1.54, 1.807) is 29.9 Å². The first kappa shape index (κ1) is 28.9. The number of aryl methyl sites for hydroxylation is 1. The van der Waals surface area contributed by atoms with Crippen molar-refractivity contribution in [2.24, 2.45) is 11.0 Å². The molecule has 0 unspecified atom stereocenters. The molecule has 0 heterocycles. The number of nitrogens with zero attached hydrogens (tertiary/aromatic N) is 2. The number of carbonyl (C=O) groups is 1. The van der Waals surface area contributed by atoms with Gasteiger partial charge in [-0.1, -0.05) is 13.8 Å². The predicted octanol–water partition coefficient (Wildman–Crippen LogP) is 6.36. The van der Waals surface area contributed by atoms with Gasteiger partial charge in [-0.15, -0.1) is 24.6 Å². The van der Waals surface area contributed by atoms with E-state index in [4.69, 9.17) is 9.84 Å². The zero-order chi connectivity index (χ0) is 25.9. The molecule has 0 spiro atoms. The zero-order valence-electron chi connectivity index (χ0n) is 19.6. The third-order valence-electron chi connectivity index (χ3n) is 4.64. The number of terminal acetylenes is 1. The van der Waals surface area contributed by atoms with Crippen LogP contribution in [0.3, 0.4) is 0 Å². The fourth-order valence-electron chi connectivity index (χ4n) is 2.86. The number of benzene rings is 2. The Morgan fingerprint density at radius 2 is 1.79 bits per heavy atom. The van der Waals surface area contributed by atoms with E-state index in [1.807, 2.05) is 32.9 Å². The fourth-order valence-corrected chi connectivity index (χ4v) is 3.83. The topological polar surface area (TPSA) is 62.1 Å². The third kappa shape index (κ3) is 9.40. The summed E-state index contributed by atoms with van der Waals surface area (Å²) in [5.41, 5.74) is 1.69. The van der Waals surface area contributed by atoms with Crippen molar-refractivity contribution in [3.05, 3.63) is 53.6 Å². The number of aliphatic carboxylic acids is 1. The summed E-state index contributed by atoms with van der Waals surface area (Å²) in [6.45, 7) is 5.54. The molecular weight excluding hydrogens is 465 g/mol. The minimum absolute atomic E-state index is 0.182. The van der Waals surface area contributed by atoms with Gasteiger partial charge in [0, 0.05) is 23.4 Å². The van der Waals surface area contributed by atoms with Crippen LogP contribution in [0.25, 0.3) is 0 Å². The lowest BCUT2D eigenvalue weighted by molar-refractivity contribution is -0.139. The standard InChI is InChI=1S/C23H27F3N2O3S.C2H2/c1-15(2)20(27-28(4)18-7-5-17(6-8-18)23(24,25)26)11-12-32-19-9-10-21(16(3)13-19)31-14-22(29)30;1-2/h5-10,13,15H,11-12,14H2,1-4H3,(H,29,30);1-2H/b27-20+;. The summed E-state index contributed by atoms with van der Waals surface area (Å²) < 4.78 is 43.5. The summed E-state index contributed by atoms with van der Waals surface area (Å²) in [5.74, 6) is 0.470. The van der Waals surface area contributed by atoms with E-state index >= 15 is 0 Å². The second kappa shape index (κ2) is 13.6. The summed E-state index contributed by atoms with van der Waals surface area (Å²) in [5, 5.41) is 14.9. The van der Waals surface area contributed by atoms with Crippen LogP contribution in [-0.2, 0) is 11.0 Å². The van der Waals surface area contributed by atoms with Crippen molar-refractivity contribution in [3.63, 3.8) is 0 Å². The van der Waals surface area contributed by atoms with E-state index in [1.165, 1.54) is 12.1 Å². The molecule has 0 atom stereocenters. The maximum Gasteiger partial charge on any atom is 0.416 e. The van der Waals surface area contributed by atoms with E-state index in [2.05, 4.69) is 17.9 Å². The molecular formula is C25H29F3N2O3S.